The van der Waals surface area contributed by atoms with E-state index in [9.17, 15) is 9.59 Å². The number of amides is 2. The molecule has 6 heteroatoms. The van der Waals surface area contributed by atoms with E-state index in [4.69, 9.17) is 9.47 Å². The predicted octanol–water partition coefficient (Wildman–Crippen LogP) is 2.99. The van der Waals surface area contributed by atoms with Gasteiger partial charge >= 0.3 is 0 Å². The molecule has 30 heavy (non-hydrogen) atoms. The van der Waals surface area contributed by atoms with Crippen molar-refractivity contribution in [3.63, 3.8) is 0 Å². The van der Waals surface area contributed by atoms with E-state index in [2.05, 4.69) is 0 Å². The normalized spacial score (nSPS) is 13.8. The molecule has 1 aliphatic heterocycles. The molecule has 0 atom stereocenters. The van der Waals surface area contributed by atoms with Crippen molar-refractivity contribution in [2.24, 2.45) is 0 Å². The highest BCUT2D eigenvalue weighted by Crippen LogP contribution is 2.27. The van der Waals surface area contributed by atoms with E-state index in [0.29, 0.717) is 57.1 Å². The van der Waals surface area contributed by atoms with Crippen LogP contribution in [-0.2, 0) is 16.0 Å². The van der Waals surface area contributed by atoms with Crippen LogP contribution in [0, 0.1) is 13.8 Å². The average Bonchev–Trinajstić information content (AvgIpc) is 2.76. The van der Waals surface area contributed by atoms with Gasteiger partial charge in [0.05, 0.1) is 26.6 Å². The van der Waals surface area contributed by atoms with Crippen molar-refractivity contribution in [2.45, 2.75) is 26.7 Å². The molecule has 0 bridgehead atoms. The molecule has 1 saturated heterocycles. The van der Waals surface area contributed by atoms with Gasteiger partial charge in [-0.25, -0.2) is 0 Å². The van der Waals surface area contributed by atoms with Crippen LogP contribution in [0.5, 0.6) is 11.5 Å². The molecule has 1 aliphatic rings. The van der Waals surface area contributed by atoms with E-state index in [-0.39, 0.29) is 11.8 Å². The first-order valence-corrected chi connectivity index (χ1v) is 10.4. The molecule has 2 aromatic carbocycles. The van der Waals surface area contributed by atoms with Crippen LogP contribution in [0.25, 0.3) is 0 Å². The van der Waals surface area contributed by atoms with Crippen LogP contribution in [-0.4, -0.2) is 61.5 Å². The maximum absolute atomic E-state index is 12.6. The van der Waals surface area contributed by atoms with Crippen molar-refractivity contribution in [3.05, 3.63) is 59.2 Å². The zero-order chi connectivity index (χ0) is 21.5. The van der Waals surface area contributed by atoms with E-state index in [1.54, 1.807) is 7.11 Å². The minimum Gasteiger partial charge on any atom is -0.493 e. The Balaban J connectivity index is 1.43. The van der Waals surface area contributed by atoms with Crippen molar-refractivity contribution < 1.29 is 19.1 Å². The lowest BCUT2D eigenvalue weighted by Gasteiger charge is -2.35. The highest BCUT2D eigenvalue weighted by molar-refractivity contribution is 5.80. The van der Waals surface area contributed by atoms with Crippen LogP contribution < -0.4 is 9.47 Å². The molecule has 1 heterocycles. The van der Waals surface area contributed by atoms with Gasteiger partial charge in [-0.1, -0.05) is 30.3 Å². The van der Waals surface area contributed by atoms with Gasteiger partial charge in [0.25, 0.3) is 0 Å². The van der Waals surface area contributed by atoms with Crippen LogP contribution in [0.3, 0.4) is 0 Å². The van der Waals surface area contributed by atoms with Gasteiger partial charge in [0.1, 0.15) is 0 Å². The molecule has 160 valence electrons. The summed E-state index contributed by atoms with van der Waals surface area (Å²) in [5.41, 5.74) is 3.28. The van der Waals surface area contributed by atoms with E-state index >= 15 is 0 Å². The minimum atomic E-state index is 0.0482. The van der Waals surface area contributed by atoms with E-state index in [1.165, 1.54) is 0 Å². The van der Waals surface area contributed by atoms with Gasteiger partial charge in [0.2, 0.25) is 11.8 Å². The lowest BCUT2D eigenvalue weighted by Crippen LogP contribution is -2.51. The predicted molar refractivity (Wildman–Crippen MR) is 116 cm³/mol. The first kappa shape index (κ1) is 21.7. The summed E-state index contributed by atoms with van der Waals surface area (Å²) in [5.74, 6) is 1.48. The van der Waals surface area contributed by atoms with E-state index < -0.39 is 0 Å². The molecular weight excluding hydrogens is 380 g/mol. The van der Waals surface area contributed by atoms with E-state index in [0.717, 1.165) is 16.7 Å². The van der Waals surface area contributed by atoms with Crippen molar-refractivity contribution >= 4 is 11.8 Å². The maximum Gasteiger partial charge on any atom is 0.227 e. The fourth-order valence-corrected chi connectivity index (χ4v) is 3.59. The Morgan fingerprint density at radius 2 is 1.57 bits per heavy atom. The standard InChI is InChI=1S/C24H30N2O4/c1-18-8-9-21(22(16-18)29-3)30-15-10-23(27)25-11-13-26(14-12-25)24(28)17-20-7-5-4-6-19(20)2/h4-9,16H,10-15,17H2,1-3H3. The number of nitrogens with zero attached hydrogens (tertiary/aromatic N) is 2. The minimum absolute atomic E-state index is 0.0482. The molecule has 0 aromatic heterocycles. The number of aryl methyl sites for hydroxylation is 2. The third kappa shape index (κ3) is 5.53. The lowest BCUT2D eigenvalue weighted by molar-refractivity contribution is -0.139. The first-order chi connectivity index (χ1) is 14.5. The summed E-state index contributed by atoms with van der Waals surface area (Å²) in [6.07, 6.45) is 0.709. The Morgan fingerprint density at radius 3 is 2.23 bits per heavy atom. The Kier molecular flexibility index (Phi) is 7.33. The number of piperazine rings is 1. The number of rotatable bonds is 7. The van der Waals surface area contributed by atoms with Crippen molar-refractivity contribution in [2.75, 3.05) is 39.9 Å². The Labute approximate surface area is 178 Å². The molecule has 6 nitrogen and oxygen atoms in total. The second-order valence-electron chi connectivity index (χ2n) is 7.62. The first-order valence-electron chi connectivity index (χ1n) is 10.4. The third-order valence-corrected chi connectivity index (χ3v) is 5.48. The zero-order valence-electron chi connectivity index (χ0n) is 18.0. The van der Waals surface area contributed by atoms with Crippen molar-refractivity contribution in [3.8, 4) is 11.5 Å². The Bertz CT molecular complexity index is 889. The molecule has 0 spiro atoms. The van der Waals surface area contributed by atoms with E-state index in [1.807, 2.05) is 66.1 Å². The van der Waals surface area contributed by atoms with Gasteiger partial charge in [-0.05, 0) is 42.7 Å². The summed E-state index contributed by atoms with van der Waals surface area (Å²) in [6.45, 7) is 6.57. The molecule has 0 unspecified atom stereocenters. The van der Waals surface area contributed by atoms with Crippen molar-refractivity contribution in [1.82, 2.24) is 9.80 Å². The smallest absolute Gasteiger partial charge is 0.227 e. The van der Waals surface area contributed by atoms with Crippen molar-refractivity contribution in [1.29, 1.82) is 0 Å². The topological polar surface area (TPSA) is 59.1 Å². The Morgan fingerprint density at radius 1 is 0.900 bits per heavy atom. The van der Waals surface area contributed by atoms with Gasteiger partial charge in [-0.15, -0.1) is 0 Å². The Hall–Kier alpha value is -3.02. The highest BCUT2D eigenvalue weighted by Gasteiger charge is 2.24. The molecule has 2 aromatic rings. The van der Waals surface area contributed by atoms with Crippen LogP contribution in [0.15, 0.2) is 42.5 Å². The second kappa shape index (κ2) is 10.1. The zero-order valence-corrected chi connectivity index (χ0v) is 18.0. The molecule has 0 radical (unpaired) electrons. The van der Waals surface area contributed by atoms with Crippen LogP contribution in [0.4, 0.5) is 0 Å². The second-order valence-corrected chi connectivity index (χ2v) is 7.62. The monoisotopic (exact) mass is 410 g/mol. The molecule has 3 rings (SSSR count). The summed E-state index contributed by atoms with van der Waals surface area (Å²) in [6, 6.07) is 13.7. The summed E-state index contributed by atoms with van der Waals surface area (Å²) < 4.78 is 11.1. The molecule has 2 amide bonds. The van der Waals surface area contributed by atoms with Gasteiger partial charge in [-0.3, -0.25) is 9.59 Å². The van der Waals surface area contributed by atoms with Crippen LogP contribution in [0.1, 0.15) is 23.1 Å². The number of hydrogen-bond acceptors (Lipinski definition) is 4. The highest BCUT2D eigenvalue weighted by atomic mass is 16.5. The number of carbonyl (C=O) groups excluding carboxylic acids is 2. The molecular formula is C24H30N2O4. The number of hydrogen-bond donors (Lipinski definition) is 0. The number of methoxy groups -OCH3 is 1. The molecule has 1 fully saturated rings. The van der Waals surface area contributed by atoms with Gasteiger partial charge in [-0.2, -0.15) is 0 Å². The average molecular weight is 411 g/mol. The number of benzene rings is 2. The fourth-order valence-electron chi connectivity index (χ4n) is 3.59. The number of carbonyl (C=O) groups is 2. The van der Waals surface area contributed by atoms with Gasteiger partial charge in [0, 0.05) is 26.2 Å². The summed E-state index contributed by atoms with van der Waals surface area (Å²) in [5, 5.41) is 0. The fraction of sp³-hybridized carbons (Fsp3) is 0.417. The SMILES string of the molecule is COc1cc(C)ccc1OCCC(=O)N1CCN(C(=O)Cc2ccccc2C)CC1. The summed E-state index contributed by atoms with van der Waals surface area (Å²) in [4.78, 5) is 28.8. The van der Waals surface area contributed by atoms with Crippen LogP contribution >= 0.6 is 0 Å². The van der Waals surface area contributed by atoms with Gasteiger partial charge in [0.15, 0.2) is 11.5 Å². The molecule has 0 saturated carbocycles. The maximum atomic E-state index is 12.6. The van der Waals surface area contributed by atoms with Crippen LogP contribution in [0.2, 0.25) is 0 Å². The molecule has 0 N–H and O–H groups in total. The quantitative estimate of drug-likeness (QED) is 0.704. The largest absolute Gasteiger partial charge is 0.493 e. The lowest BCUT2D eigenvalue weighted by atomic mass is 10.1. The third-order valence-electron chi connectivity index (χ3n) is 5.48. The van der Waals surface area contributed by atoms with Gasteiger partial charge < -0.3 is 19.3 Å². The number of ether oxygens (including phenoxy) is 2. The molecule has 0 aliphatic carbocycles. The summed E-state index contributed by atoms with van der Waals surface area (Å²) in [7, 11) is 1.60. The summed E-state index contributed by atoms with van der Waals surface area (Å²) >= 11 is 0.